The number of carbonyl (C=O) groups excluding carboxylic acids is 2. The summed E-state index contributed by atoms with van der Waals surface area (Å²) in [5.41, 5.74) is 1.21. The number of rotatable bonds is 7. The van der Waals surface area contributed by atoms with E-state index in [0.717, 1.165) is 17.5 Å². The zero-order chi connectivity index (χ0) is 19.4. The number of amides is 2. The summed E-state index contributed by atoms with van der Waals surface area (Å²) in [6.07, 6.45) is 2.41. The summed E-state index contributed by atoms with van der Waals surface area (Å²) >= 11 is 0. The SMILES string of the molecule is CC[C@H](C)[C@@H](CO)NC(=O)CC1(N2Cc3ccccc3C2=O)CCOCC1. The third-order valence-electron chi connectivity index (χ3n) is 6.18. The first kappa shape index (κ1) is 19.8. The molecule has 27 heavy (non-hydrogen) atoms. The van der Waals surface area contributed by atoms with Crippen LogP contribution < -0.4 is 5.32 Å². The normalized spacial score (nSPS) is 20.9. The number of aliphatic hydroxyl groups excluding tert-OH is 1. The predicted molar refractivity (Wildman–Crippen MR) is 102 cm³/mol. The van der Waals surface area contributed by atoms with Crippen LogP contribution in [-0.2, 0) is 16.1 Å². The Morgan fingerprint density at radius 2 is 2.04 bits per heavy atom. The second-order valence-corrected chi connectivity index (χ2v) is 7.80. The molecule has 0 aromatic heterocycles. The summed E-state index contributed by atoms with van der Waals surface area (Å²) in [6.45, 7) is 5.61. The third kappa shape index (κ3) is 4.01. The van der Waals surface area contributed by atoms with Crippen LogP contribution in [0.4, 0.5) is 0 Å². The van der Waals surface area contributed by atoms with Crippen molar-refractivity contribution >= 4 is 11.8 Å². The molecule has 1 fully saturated rings. The van der Waals surface area contributed by atoms with Crippen molar-refractivity contribution in [1.82, 2.24) is 10.2 Å². The summed E-state index contributed by atoms with van der Waals surface area (Å²) in [5.74, 6) is 0.0863. The summed E-state index contributed by atoms with van der Waals surface area (Å²) in [4.78, 5) is 27.7. The molecule has 3 rings (SSSR count). The molecule has 2 aliphatic heterocycles. The molecule has 0 unspecified atom stereocenters. The molecule has 148 valence electrons. The zero-order valence-corrected chi connectivity index (χ0v) is 16.2. The molecule has 0 saturated carbocycles. The van der Waals surface area contributed by atoms with E-state index in [1.54, 1.807) is 0 Å². The first-order chi connectivity index (χ1) is 13.0. The van der Waals surface area contributed by atoms with Crippen LogP contribution in [0, 0.1) is 5.92 Å². The van der Waals surface area contributed by atoms with Gasteiger partial charge in [0.15, 0.2) is 0 Å². The average Bonchev–Trinajstić information content (AvgIpc) is 3.04. The fourth-order valence-electron chi connectivity index (χ4n) is 4.14. The average molecular weight is 374 g/mol. The first-order valence-corrected chi connectivity index (χ1v) is 9.88. The van der Waals surface area contributed by atoms with Crippen molar-refractivity contribution < 1.29 is 19.4 Å². The summed E-state index contributed by atoms with van der Waals surface area (Å²) < 4.78 is 5.53. The fourth-order valence-corrected chi connectivity index (χ4v) is 4.14. The molecule has 1 aromatic rings. The lowest BCUT2D eigenvalue weighted by Crippen LogP contribution is -2.55. The lowest BCUT2D eigenvalue weighted by molar-refractivity contribution is -0.127. The summed E-state index contributed by atoms with van der Waals surface area (Å²) in [5, 5.41) is 12.6. The van der Waals surface area contributed by atoms with Gasteiger partial charge >= 0.3 is 0 Å². The standard InChI is InChI=1S/C21H30N2O4/c1-3-15(2)18(14-24)22-19(25)12-21(8-10-27-11-9-21)23-13-16-6-4-5-7-17(16)20(23)26/h4-7,15,18,24H,3,8-14H2,1-2H3,(H,22,25)/t15-,18+/m0/s1. The second-order valence-electron chi connectivity index (χ2n) is 7.80. The van der Waals surface area contributed by atoms with Gasteiger partial charge in [0.05, 0.1) is 24.6 Å². The molecule has 2 aliphatic rings. The van der Waals surface area contributed by atoms with Gasteiger partial charge in [0.1, 0.15) is 0 Å². The molecule has 0 bridgehead atoms. The maximum atomic E-state index is 13.0. The Morgan fingerprint density at radius 1 is 1.33 bits per heavy atom. The minimum Gasteiger partial charge on any atom is -0.394 e. The van der Waals surface area contributed by atoms with Gasteiger partial charge < -0.3 is 20.1 Å². The summed E-state index contributed by atoms with van der Waals surface area (Å²) in [7, 11) is 0. The van der Waals surface area contributed by atoms with E-state index in [4.69, 9.17) is 4.74 Å². The van der Waals surface area contributed by atoms with Crippen LogP contribution in [0.1, 0.15) is 55.5 Å². The molecule has 0 spiro atoms. The lowest BCUT2D eigenvalue weighted by Gasteiger charge is -2.44. The van der Waals surface area contributed by atoms with Crippen molar-refractivity contribution in [2.75, 3.05) is 19.8 Å². The van der Waals surface area contributed by atoms with Gasteiger partial charge in [-0.2, -0.15) is 0 Å². The number of hydrogen-bond donors (Lipinski definition) is 2. The molecule has 6 nitrogen and oxygen atoms in total. The van der Waals surface area contributed by atoms with Crippen molar-refractivity contribution in [3.8, 4) is 0 Å². The van der Waals surface area contributed by atoms with Crippen LogP contribution in [-0.4, -0.2) is 53.2 Å². The van der Waals surface area contributed by atoms with Crippen molar-refractivity contribution in [2.24, 2.45) is 5.92 Å². The predicted octanol–water partition coefficient (Wildman–Crippen LogP) is 2.10. The molecule has 0 radical (unpaired) electrons. The number of fused-ring (bicyclic) bond motifs is 1. The quantitative estimate of drug-likeness (QED) is 0.766. The van der Waals surface area contributed by atoms with E-state index in [0.29, 0.717) is 32.6 Å². The molecule has 2 atom stereocenters. The van der Waals surface area contributed by atoms with E-state index in [-0.39, 0.29) is 36.8 Å². The Labute approximate surface area is 160 Å². The number of ether oxygens (including phenoxy) is 1. The molecule has 1 aromatic carbocycles. The van der Waals surface area contributed by atoms with Crippen LogP contribution in [0.2, 0.25) is 0 Å². The number of nitrogens with one attached hydrogen (secondary N) is 1. The van der Waals surface area contributed by atoms with E-state index in [1.807, 2.05) is 43.0 Å². The minimum absolute atomic E-state index is 0.000865. The maximum Gasteiger partial charge on any atom is 0.254 e. The highest BCUT2D eigenvalue weighted by Crippen LogP contribution is 2.38. The largest absolute Gasteiger partial charge is 0.394 e. The maximum absolute atomic E-state index is 13.0. The first-order valence-electron chi connectivity index (χ1n) is 9.88. The highest BCUT2D eigenvalue weighted by molar-refractivity contribution is 5.99. The molecule has 2 amide bonds. The Hall–Kier alpha value is -1.92. The van der Waals surface area contributed by atoms with Crippen molar-refractivity contribution in [1.29, 1.82) is 0 Å². The zero-order valence-electron chi connectivity index (χ0n) is 16.2. The number of hydrogen-bond acceptors (Lipinski definition) is 4. The number of aliphatic hydroxyl groups is 1. The molecule has 2 heterocycles. The van der Waals surface area contributed by atoms with Gasteiger partial charge in [0, 0.05) is 25.3 Å². The topological polar surface area (TPSA) is 78.9 Å². The Kier molecular flexibility index (Phi) is 6.17. The Bertz CT molecular complexity index is 685. The van der Waals surface area contributed by atoms with Gasteiger partial charge in [-0.15, -0.1) is 0 Å². The van der Waals surface area contributed by atoms with Gasteiger partial charge in [0.2, 0.25) is 5.91 Å². The highest BCUT2D eigenvalue weighted by atomic mass is 16.5. The monoisotopic (exact) mass is 374 g/mol. The molecule has 2 N–H and O–H groups in total. The van der Waals surface area contributed by atoms with E-state index in [1.165, 1.54) is 0 Å². The van der Waals surface area contributed by atoms with Crippen LogP contribution in [0.5, 0.6) is 0 Å². The van der Waals surface area contributed by atoms with Gasteiger partial charge in [-0.25, -0.2) is 0 Å². The molecule has 1 saturated heterocycles. The van der Waals surface area contributed by atoms with Gasteiger partial charge in [-0.3, -0.25) is 9.59 Å². The van der Waals surface area contributed by atoms with Crippen LogP contribution in [0.25, 0.3) is 0 Å². The lowest BCUT2D eigenvalue weighted by atomic mass is 9.84. The third-order valence-corrected chi connectivity index (χ3v) is 6.18. The molecule has 6 heteroatoms. The number of carbonyl (C=O) groups is 2. The van der Waals surface area contributed by atoms with E-state index < -0.39 is 5.54 Å². The van der Waals surface area contributed by atoms with Gasteiger partial charge in [0.25, 0.3) is 5.91 Å². The van der Waals surface area contributed by atoms with Crippen LogP contribution in [0.3, 0.4) is 0 Å². The highest BCUT2D eigenvalue weighted by Gasteiger charge is 2.46. The van der Waals surface area contributed by atoms with E-state index in [2.05, 4.69) is 5.32 Å². The van der Waals surface area contributed by atoms with Crippen LogP contribution in [0.15, 0.2) is 24.3 Å². The van der Waals surface area contributed by atoms with Crippen molar-refractivity contribution in [3.05, 3.63) is 35.4 Å². The summed E-state index contributed by atoms with van der Waals surface area (Å²) in [6, 6.07) is 7.39. The van der Waals surface area contributed by atoms with E-state index in [9.17, 15) is 14.7 Å². The molecule has 0 aliphatic carbocycles. The number of nitrogens with zero attached hydrogens (tertiary/aromatic N) is 1. The van der Waals surface area contributed by atoms with E-state index >= 15 is 0 Å². The van der Waals surface area contributed by atoms with Crippen LogP contribution >= 0.6 is 0 Å². The van der Waals surface area contributed by atoms with Gasteiger partial charge in [-0.05, 0) is 30.4 Å². The molecular weight excluding hydrogens is 344 g/mol. The number of benzene rings is 1. The van der Waals surface area contributed by atoms with Crippen molar-refractivity contribution in [2.45, 2.75) is 57.7 Å². The Balaban J connectivity index is 1.78. The Morgan fingerprint density at radius 3 is 2.67 bits per heavy atom. The van der Waals surface area contributed by atoms with Gasteiger partial charge in [-0.1, -0.05) is 38.5 Å². The van der Waals surface area contributed by atoms with Crippen molar-refractivity contribution in [3.63, 3.8) is 0 Å². The minimum atomic E-state index is -0.534. The fraction of sp³-hybridized carbons (Fsp3) is 0.619. The smallest absolute Gasteiger partial charge is 0.254 e. The molecular formula is C21H30N2O4. The second kappa shape index (κ2) is 8.40.